The predicted octanol–water partition coefficient (Wildman–Crippen LogP) is 4.16. The topological polar surface area (TPSA) is 66.8 Å². The molecule has 1 N–H and O–H groups in total. The molecule has 0 radical (unpaired) electrons. The fourth-order valence-corrected chi connectivity index (χ4v) is 2.89. The Balaban J connectivity index is 2.26. The molecule has 0 bridgehead atoms. The number of esters is 1. The molecule has 0 aliphatic carbocycles. The average molecular weight is 369 g/mol. The fourth-order valence-electron chi connectivity index (χ4n) is 2.89. The Morgan fingerprint density at radius 1 is 1.42 bits per heavy atom. The van der Waals surface area contributed by atoms with Crippen molar-refractivity contribution in [2.24, 2.45) is 5.92 Å². The number of hydrogen-bond donors (Lipinski definition) is 1. The summed E-state index contributed by atoms with van der Waals surface area (Å²) in [6, 6.07) is 3.90. The van der Waals surface area contributed by atoms with Gasteiger partial charge in [0.25, 0.3) is 0 Å². The lowest BCUT2D eigenvalue weighted by Gasteiger charge is -2.38. The number of rotatable bonds is 5. The van der Waals surface area contributed by atoms with E-state index in [9.17, 15) is 27.9 Å². The lowest BCUT2D eigenvalue weighted by molar-refractivity contribution is -0.165. The van der Waals surface area contributed by atoms with Gasteiger partial charge in [-0.25, -0.2) is 4.79 Å². The smallest absolute Gasteiger partial charge is 0.416 e. The summed E-state index contributed by atoms with van der Waals surface area (Å²) in [6.45, 7) is 6.95. The van der Waals surface area contributed by atoms with Gasteiger partial charge in [-0.2, -0.15) is 13.2 Å². The number of nitrogens with zero attached hydrogens (tertiary/aromatic N) is 1. The van der Waals surface area contributed by atoms with Gasteiger partial charge in [0, 0.05) is 0 Å². The zero-order valence-corrected chi connectivity index (χ0v) is 13.8. The molecular formula is C18H18F3NO4. The van der Waals surface area contributed by atoms with E-state index in [1.54, 1.807) is 0 Å². The second kappa shape index (κ2) is 7.63. The van der Waals surface area contributed by atoms with Gasteiger partial charge in [0.2, 0.25) is 0 Å². The van der Waals surface area contributed by atoms with Gasteiger partial charge in [-0.15, -0.1) is 6.58 Å². The number of amides is 1. The minimum absolute atomic E-state index is 0.0254. The number of cyclic esters (lactones) is 1. The van der Waals surface area contributed by atoms with Crippen molar-refractivity contribution in [3.8, 4) is 0 Å². The molecule has 1 aromatic rings. The van der Waals surface area contributed by atoms with Crippen molar-refractivity contribution >= 4 is 17.6 Å². The van der Waals surface area contributed by atoms with Gasteiger partial charge >= 0.3 is 18.2 Å². The van der Waals surface area contributed by atoms with Crippen LogP contribution in [0.15, 0.2) is 43.5 Å². The predicted molar refractivity (Wildman–Crippen MR) is 88.0 cm³/mol. The van der Waals surface area contributed by atoms with Crippen molar-refractivity contribution in [1.82, 2.24) is 4.90 Å². The highest BCUT2D eigenvalue weighted by atomic mass is 19.4. The fraction of sp³-hybridized carbons (Fsp3) is 0.333. The van der Waals surface area contributed by atoms with Crippen LogP contribution in [0.2, 0.25) is 0 Å². The molecule has 0 aromatic heterocycles. The van der Waals surface area contributed by atoms with Crippen LogP contribution < -0.4 is 0 Å². The molecule has 8 heteroatoms. The number of alkyl halides is 3. The molecule has 0 saturated carbocycles. The molecule has 1 fully saturated rings. The quantitative estimate of drug-likeness (QED) is 0.625. The van der Waals surface area contributed by atoms with E-state index in [0.29, 0.717) is 5.57 Å². The van der Waals surface area contributed by atoms with E-state index in [0.717, 1.165) is 17.0 Å². The summed E-state index contributed by atoms with van der Waals surface area (Å²) in [7, 11) is 0. The third kappa shape index (κ3) is 4.25. The maximum Gasteiger partial charge on any atom is 0.416 e. The molecule has 0 spiro atoms. The van der Waals surface area contributed by atoms with Crippen LogP contribution in [0.1, 0.15) is 24.0 Å². The van der Waals surface area contributed by atoms with Gasteiger partial charge in [0.05, 0.1) is 17.5 Å². The Bertz CT molecular complexity index is 729. The molecule has 26 heavy (non-hydrogen) atoms. The number of hydrogen-bond acceptors (Lipinski definition) is 3. The number of carbonyl (C=O) groups is 2. The van der Waals surface area contributed by atoms with E-state index in [1.165, 1.54) is 18.2 Å². The lowest BCUT2D eigenvalue weighted by atomic mass is 9.86. The molecule has 140 valence electrons. The summed E-state index contributed by atoms with van der Waals surface area (Å²) in [4.78, 5) is 24.5. The molecule has 1 heterocycles. The van der Waals surface area contributed by atoms with Gasteiger partial charge in [-0.3, -0.25) is 9.69 Å². The number of allylic oxidation sites excluding steroid dienone is 1. The minimum atomic E-state index is -4.49. The molecule has 1 aliphatic heterocycles. The van der Waals surface area contributed by atoms with Crippen molar-refractivity contribution in [3.05, 3.63) is 54.6 Å². The van der Waals surface area contributed by atoms with Crippen LogP contribution >= 0.6 is 0 Å². The van der Waals surface area contributed by atoms with E-state index in [2.05, 4.69) is 13.2 Å². The number of halogens is 3. The Morgan fingerprint density at radius 2 is 2.12 bits per heavy atom. The first kappa shape index (κ1) is 19.6. The molecule has 2 unspecified atom stereocenters. The van der Waals surface area contributed by atoms with E-state index in [1.807, 2.05) is 0 Å². The molecule has 5 nitrogen and oxygen atoms in total. The Labute approximate surface area is 148 Å². The summed E-state index contributed by atoms with van der Waals surface area (Å²) in [6.07, 6.45) is -4.08. The number of carboxylic acid groups (broad SMARTS) is 1. The van der Waals surface area contributed by atoms with Crippen molar-refractivity contribution in [3.63, 3.8) is 0 Å². The van der Waals surface area contributed by atoms with Gasteiger partial charge in [0.15, 0.2) is 6.73 Å². The van der Waals surface area contributed by atoms with Crippen molar-refractivity contribution in [1.29, 1.82) is 0 Å². The first-order valence-corrected chi connectivity index (χ1v) is 7.77. The largest absolute Gasteiger partial charge is 0.465 e. The standard InChI is InChI=1S/C18H18F3NO4/c1-3-5-15-14(16(23)26-10-22(15)17(24)25)8-11(2)12-6-4-7-13(9-12)18(19,20)21/h3-4,6-7,9,14-15H,1-2,5,8,10H2,(H,24,25). The SMILES string of the molecule is C=CCC1C(CC(=C)c2cccc(C(F)(F)F)c2)C(=O)OCN1C(=O)O. The number of ether oxygens (including phenoxy) is 1. The lowest BCUT2D eigenvalue weighted by Crippen LogP contribution is -2.52. The van der Waals surface area contributed by atoms with Crippen LogP contribution in [0.4, 0.5) is 18.0 Å². The minimum Gasteiger partial charge on any atom is -0.465 e. The summed E-state index contributed by atoms with van der Waals surface area (Å²) in [5.74, 6) is -1.48. The van der Waals surface area contributed by atoms with Crippen LogP contribution in [0, 0.1) is 5.92 Å². The van der Waals surface area contributed by atoms with Gasteiger partial charge in [-0.05, 0) is 36.1 Å². The van der Waals surface area contributed by atoms with E-state index in [4.69, 9.17) is 4.74 Å². The van der Waals surface area contributed by atoms with E-state index < -0.39 is 35.8 Å². The van der Waals surface area contributed by atoms with Crippen molar-refractivity contribution < 1.29 is 32.6 Å². The molecule has 1 aliphatic rings. The third-order valence-electron chi connectivity index (χ3n) is 4.23. The van der Waals surface area contributed by atoms with E-state index >= 15 is 0 Å². The highest BCUT2D eigenvalue weighted by Gasteiger charge is 2.40. The van der Waals surface area contributed by atoms with Crippen LogP contribution in [-0.4, -0.2) is 34.8 Å². The number of benzene rings is 1. The summed E-state index contributed by atoms with van der Waals surface area (Å²) >= 11 is 0. The first-order chi connectivity index (χ1) is 12.1. The van der Waals surface area contributed by atoms with Crippen LogP contribution in [0.3, 0.4) is 0 Å². The molecule has 2 atom stereocenters. The second-order valence-corrected chi connectivity index (χ2v) is 5.93. The summed E-state index contributed by atoms with van der Waals surface area (Å²) in [5, 5.41) is 9.27. The maximum atomic E-state index is 12.9. The zero-order valence-electron chi connectivity index (χ0n) is 13.8. The van der Waals surface area contributed by atoms with Crippen LogP contribution in [0.5, 0.6) is 0 Å². The van der Waals surface area contributed by atoms with Crippen molar-refractivity contribution in [2.75, 3.05) is 6.73 Å². The van der Waals surface area contributed by atoms with Crippen LogP contribution in [-0.2, 0) is 15.7 Å². The molecule has 1 aromatic carbocycles. The summed E-state index contributed by atoms with van der Waals surface area (Å²) in [5.41, 5.74) is -0.297. The Hall–Kier alpha value is -2.77. The Morgan fingerprint density at radius 3 is 2.69 bits per heavy atom. The Kier molecular flexibility index (Phi) is 5.74. The molecule has 2 rings (SSSR count). The average Bonchev–Trinajstić information content (AvgIpc) is 2.57. The number of carbonyl (C=O) groups excluding carboxylic acids is 1. The van der Waals surface area contributed by atoms with Gasteiger partial charge in [0.1, 0.15) is 0 Å². The second-order valence-electron chi connectivity index (χ2n) is 5.93. The zero-order chi connectivity index (χ0) is 19.5. The van der Waals surface area contributed by atoms with Gasteiger partial charge < -0.3 is 9.84 Å². The molecule has 1 saturated heterocycles. The normalized spacial score (nSPS) is 20.4. The van der Waals surface area contributed by atoms with Crippen molar-refractivity contribution in [2.45, 2.75) is 25.1 Å². The summed E-state index contributed by atoms with van der Waals surface area (Å²) < 4.78 is 43.5. The van der Waals surface area contributed by atoms with Crippen LogP contribution in [0.25, 0.3) is 5.57 Å². The van der Waals surface area contributed by atoms with Gasteiger partial charge in [-0.1, -0.05) is 24.8 Å². The maximum absolute atomic E-state index is 12.9. The van der Waals surface area contributed by atoms with E-state index in [-0.39, 0.29) is 25.1 Å². The highest BCUT2D eigenvalue weighted by Crippen LogP contribution is 2.34. The third-order valence-corrected chi connectivity index (χ3v) is 4.23. The monoisotopic (exact) mass is 369 g/mol. The first-order valence-electron chi connectivity index (χ1n) is 7.77. The highest BCUT2D eigenvalue weighted by molar-refractivity contribution is 5.79. The molecular weight excluding hydrogens is 351 g/mol. The molecule has 1 amide bonds.